The van der Waals surface area contributed by atoms with Crippen LogP contribution in [-0.4, -0.2) is 55.0 Å². The molecule has 9 bridgehead atoms. The molecule has 0 fully saturated rings. The molecule has 7 heterocycles. The molecule has 0 saturated heterocycles. The number of rotatable bonds is 2. The van der Waals surface area contributed by atoms with Gasteiger partial charge in [0.2, 0.25) is 0 Å². The number of amides is 1. The van der Waals surface area contributed by atoms with Crippen LogP contribution in [0.4, 0.5) is 0 Å². The Morgan fingerprint density at radius 1 is 0.974 bits per heavy atom. The van der Waals surface area contributed by atoms with E-state index in [9.17, 15) is 14.7 Å². The molecule has 1 amide bonds. The number of aryl methyl sites for hydroxylation is 1. The molecule has 4 aromatic rings. The monoisotopic (exact) mass is 525 g/mol. The second-order valence-electron chi connectivity index (χ2n) is 10.4. The summed E-state index contributed by atoms with van der Waals surface area (Å²) >= 11 is 0. The fourth-order valence-electron chi connectivity index (χ4n) is 5.60. The Morgan fingerprint density at radius 2 is 1.82 bits per heavy atom. The Kier molecular flexibility index (Phi) is 6.96. The van der Waals surface area contributed by atoms with E-state index in [0.717, 1.165) is 66.4 Å². The highest BCUT2D eigenvalue weighted by atomic mass is 16.5. The van der Waals surface area contributed by atoms with Crippen LogP contribution in [0, 0.1) is 0 Å². The molecular formula is C30H31N5O4. The number of benzene rings is 2. The smallest absolute Gasteiger partial charge is 0.304 e. The molecule has 5 aliphatic rings. The topological polar surface area (TPSA) is 110 Å². The van der Waals surface area contributed by atoms with Crippen LogP contribution in [0.5, 0.6) is 5.75 Å². The molecule has 39 heavy (non-hydrogen) atoms. The molecule has 1 atom stereocenters. The van der Waals surface area contributed by atoms with Crippen LogP contribution < -0.4 is 4.74 Å². The third kappa shape index (κ3) is 5.34. The van der Waals surface area contributed by atoms with Crippen molar-refractivity contribution in [2.75, 3.05) is 13.2 Å². The minimum Gasteiger partial charge on any atom is -0.492 e. The van der Waals surface area contributed by atoms with Crippen molar-refractivity contribution < 1.29 is 19.4 Å². The first-order chi connectivity index (χ1) is 19.0. The summed E-state index contributed by atoms with van der Waals surface area (Å²) in [7, 11) is 0. The maximum atomic E-state index is 13.3. The van der Waals surface area contributed by atoms with E-state index in [1.807, 2.05) is 35.0 Å². The number of carboxylic acids is 1. The highest BCUT2D eigenvalue weighted by Gasteiger charge is 2.25. The molecular weight excluding hydrogens is 494 g/mol. The van der Waals surface area contributed by atoms with Crippen LogP contribution in [0.3, 0.4) is 0 Å². The highest BCUT2D eigenvalue weighted by Crippen LogP contribution is 2.33. The SMILES string of the molecule is O=C(O)CC1c2ccc3c(c2)CN(CC3)C(=O)c2ccc(cn2)OCCCCCCn2nnc3cc1ccc32. The molecule has 1 N–H and O–H groups in total. The molecule has 0 radical (unpaired) electrons. The minimum absolute atomic E-state index is 0.0422. The van der Waals surface area contributed by atoms with Crippen molar-refractivity contribution in [2.24, 2.45) is 0 Å². The number of carboxylic acid groups (broad SMARTS) is 1. The van der Waals surface area contributed by atoms with Gasteiger partial charge in [0.15, 0.2) is 0 Å². The maximum absolute atomic E-state index is 13.3. The van der Waals surface area contributed by atoms with Crippen molar-refractivity contribution in [3.8, 4) is 5.75 Å². The lowest BCUT2D eigenvalue weighted by Gasteiger charge is -2.30. The van der Waals surface area contributed by atoms with Gasteiger partial charge in [0.1, 0.15) is 17.0 Å². The largest absolute Gasteiger partial charge is 0.492 e. The number of carbonyl (C=O) groups is 2. The summed E-state index contributed by atoms with van der Waals surface area (Å²) in [5.74, 6) is -0.665. The number of aromatic nitrogens is 4. The third-order valence-electron chi connectivity index (χ3n) is 7.74. The first-order valence-electron chi connectivity index (χ1n) is 13.6. The lowest BCUT2D eigenvalue weighted by Crippen LogP contribution is -2.36. The van der Waals surface area contributed by atoms with Crippen LogP contribution in [0.1, 0.15) is 70.8 Å². The first kappa shape index (κ1) is 25.0. The lowest BCUT2D eigenvalue weighted by molar-refractivity contribution is -0.137. The van der Waals surface area contributed by atoms with Gasteiger partial charge in [-0.15, -0.1) is 5.10 Å². The Morgan fingerprint density at radius 3 is 2.67 bits per heavy atom. The fraction of sp³-hybridized carbons (Fsp3) is 0.367. The highest BCUT2D eigenvalue weighted by molar-refractivity contribution is 5.92. The predicted molar refractivity (Wildman–Crippen MR) is 145 cm³/mol. The van der Waals surface area contributed by atoms with Crippen LogP contribution in [0.15, 0.2) is 54.7 Å². The van der Waals surface area contributed by atoms with Gasteiger partial charge in [-0.1, -0.05) is 35.9 Å². The summed E-state index contributed by atoms with van der Waals surface area (Å²) in [5.41, 5.74) is 6.13. The molecule has 2 aromatic heterocycles. The summed E-state index contributed by atoms with van der Waals surface area (Å²) in [6.45, 7) is 2.44. The zero-order valence-electron chi connectivity index (χ0n) is 21.8. The Balaban J connectivity index is 1.36. The average molecular weight is 526 g/mol. The van der Waals surface area contributed by atoms with Gasteiger partial charge in [-0.25, -0.2) is 9.67 Å². The normalized spacial score (nSPS) is 18.1. The quantitative estimate of drug-likeness (QED) is 0.408. The number of pyridine rings is 1. The van der Waals surface area contributed by atoms with Crippen LogP contribution >= 0.6 is 0 Å². The van der Waals surface area contributed by atoms with Crippen molar-refractivity contribution in [1.82, 2.24) is 24.9 Å². The van der Waals surface area contributed by atoms with Gasteiger partial charge < -0.3 is 14.7 Å². The molecule has 9 heteroatoms. The van der Waals surface area contributed by atoms with Crippen molar-refractivity contribution in [3.05, 3.63) is 82.7 Å². The minimum atomic E-state index is -0.867. The zero-order valence-corrected chi connectivity index (χ0v) is 21.8. The molecule has 0 aliphatic carbocycles. The number of hydrogen-bond acceptors (Lipinski definition) is 6. The number of carbonyl (C=O) groups excluding carboxylic acids is 1. The average Bonchev–Trinajstić information content (AvgIpc) is 3.36. The van der Waals surface area contributed by atoms with Gasteiger partial charge in [0, 0.05) is 25.6 Å². The lowest BCUT2D eigenvalue weighted by atomic mass is 9.85. The van der Waals surface area contributed by atoms with E-state index in [-0.39, 0.29) is 18.2 Å². The van der Waals surface area contributed by atoms with Crippen molar-refractivity contribution in [3.63, 3.8) is 0 Å². The Labute approximate surface area is 226 Å². The van der Waals surface area contributed by atoms with Gasteiger partial charge in [-0.2, -0.15) is 0 Å². The van der Waals surface area contributed by atoms with E-state index in [1.165, 1.54) is 5.56 Å². The van der Waals surface area contributed by atoms with Crippen molar-refractivity contribution in [1.29, 1.82) is 0 Å². The zero-order chi connectivity index (χ0) is 26.8. The van der Waals surface area contributed by atoms with Crippen LogP contribution in [-0.2, 0) is 24.3 Å². The first-order valence-corrected chi connectivity index (χ1v) is 13.6. The van der Waals surface area contributed by atoms with Gasteiger partial charge >= 0.3 is 5.97 Å². The number of aliphatic carboxylic acids is 1. The van der Waals surface area contributed by atoms with E-state index >= 15 is 0 Å². The summed E-state index contributed by atoms with van der Waals surface area (Å²) in [4.78, 5) is 31.4. The molecule has 5 aliphatic heterocycles. The maximum Gasteiger partial charge on any atom is 0.304 e. The molecule has 1 unspecified atom stereocenters. The van der Waals surface area contributed by atoms with E-state index in [1.54, 1.807) is 17.2 Å². The standard InChI is InChI=1S/C30H31N5O4/c36-29(37)17-25-21-6-5-20-11-13-34(19-23(20)15-21)30(38)26-9-8-24(18-31-26)39-14-4-2-1-3-12-35-28-10-7-22(25)16-27(28)32-33-35/h5-10,15-16,18,25H,1-4,11-14,17,19H2,(H,36,37). The van der Waals surface area contributed by atoms with Gasteiger partial charge in [-0.05, 0) is 72.2 Å². The van der Waals surface area contributed by atoms with Gasteiger partial charge in [-0.3, -0.25) is 9.59 Å². The van der Waals surface area contributed by atoms with E-state index in [0.29, 0.717) is 31.1 Å². The van der Waals surface area contributed by atoms with E-state index < -0.39 is 5.97 Å². The number of ether oxygens (including phenoxy) is 1. The predicted octanol–water partition coefficient (Wildman–Crippen LogP) is 4.58. The number of hydrogen-bond donors (Lipinski definition) is 1. The van der Waals surface area contributed by atoms with Crippen LogP contribution in [0.25, 0.3) is 11.0 Å². The van der Waals surface area contributed by atoms with Crippen molar-refractivity contribution >= 4 is 22.9 Å². The van der Waals surface area contributed by atoms with E-state index in [4.69, 9.17) is 4.74 Å². The van der Waals surface area contributed by atoms with Crippen molar-refractivity contribution in [2.45, 2.75) is 57.5 Å². The summed E-state index contributed by atoms with van der Waals surface area (Å²) in [5, 5.41) is 18.5. The number of nitrogens with zero attached hydrogens (tertiary/aromatic N) is 5. The Bertz CT molecular complexity index is 1510. The van der Waals surface area contributed by atoms with Gasteiger partial charge in [0.25, 0.3) is 5.91 Å². The fourth-order valence-corrected chi connectivity index (χ4v) is 5.60. The molecule has 2 aromatic carbocycles. The summed E-state index contributed by atoms with van der Waals surface area (Å²) < 4.78 is 7.77. The summed E-state index contributed by atoms with van der Waals surface area (Å²) in [6, 6.07) is 15.6. The second kappa shape index (κ2) is 10.8. The molecule has 9 rings (SSSR count). The van der Waals surface area contributed by atoms with E-state index in [2.05, 4.69) is 27.4 Å². The van der Waals surface area contributed by atoms with Crippen LogP contribution in [0.2, 0.25) is 0 Å². The molecule has 200 valence electrons. The van der Waals surface area contributed by atoms with Gasteiger partial charge in [0.05, 0.1) is 24.7 Å². The molecule has 0 saturated carbocycles. The second-order valence-corrected chi connectivity index (χ2v) is 10.4. The summed E-state index contributed by atoms with van der Waals surface area (Å²) in [6.07, 6.45) is 6.31. The Hall–Kier alpha value is -4.27. The third-order valence-corrected chi connectivity index (χ3v) is 7.74. The molecule has 0 spiro atoms. The molecule has 9 nitrogen and oxygen atoms in total.